The molecule has 8 heteroatoms. The van der Waals surface area contributed by atoms with Crippen LogP contribution in [0.25, 0.3) is 10.9 Å². The largest absolute Gasteiger partial charge is 0.444 e. The lowest BCUT2D eigenvalue weighted by Crippen LogP contribution is -2.59. The lowest BCUT2D eigenvalue weighted by molar-refractivity contribution is -0.140. The van der Waals surface area contributed by atoms with Gasteiger partial charge >= 0.3 is 6.09 Å². The SMILES string of the molecule is CC(C)(C)OC(=O)N1CC(C(=O)N2CCN(c3ccnc4cc(F)ccc34)CC2)C1. The fourth-order valence-electron chi connectivity index (χ4n) is 3.92. The average molecular weight is 414 g/mol. The molecule has 2 saturated heterocycles. The van der Waals surface area contributed by atoms with E-state index in [-0.39, 0.29) is 23.7 Å². The van der Waals surface area contributed by atoms with Crippen molar-refractivity contribution in [2.24, 2.45) is 5.92 Å². The van der Waals surface area contributed by atoms with Crippen molar-refractivity contribution in [2.75, 3.05) is 44.2 Å². The number of pyridine rings is 1. The lowest BCUT2D eigenvalue weighted by atomic mass is 9.98. The normalized spacial score (nSPS) is 17.8. The van der Waals surface area contributed by atoms with Crippen LogP contribution < -0.4 is 4.90 Å². The maximum atomic E-state index is 13.5. The van der Waals surface area contributed by atoms with E-state index in [4.69, 9.17) is 4.74 Å². The standard InChI is InChI=1S/C22H27FN4O3/c1-22(2,3)30-21(29)27-13-15(14-27)20(28)26-10-8-25(9-11-26)19-6-7-24-18-12-16(23)4-5-17(18)19/h4-7,12,15H,8-11,13-14H2,1-3H3. The van der Waals surface area contributed by atoms with Gasteiger partial charge in [-0.05, 0) is 39.0 Å². The van der Waals surface area contributed by atoms with E-state index in [2.05, 4.69) is 9.88 Å². The van der Waals surface area contributed by atoms with Crippen LogP contribution in [0.5, 0.6) is 0 Å². The van der Waals surface area contributed by atoms with Crippen molar-refractivity contribution in [3.05, 3.63) is 36.3 Å². The first-order valence-corrected chi connectivity index (χ1v) is 10.3. The Balaban J connectivity index is 1.32. The molecule has 0 unspecified atom stereocenters. The van der Waals surface area contributed by atoms with E-state index in [1.165, 1.54) is 12.1 Å². The van der Waals surface area contributed by atoms with E-state index in [0.717, 1.165) is 11.1 Å². The molecule has 160 valence electrons. The van der Waals surface area contributed by atoms with Gasteiger partial charge in [0.2, 0.25) is 5.91 Å². The van der Waals surface area contributed by atoms with Crippen LogP contribution in [0.4, 0.5) is 14.9 Å². The van der Waals surface area contributed by atoms with E-state index >= 15 is 0 Å². The monoisotopic (exact) mass is 414 g/mol. The maximum Gasteiger partial charge on any atom is 0.410 e. The van der Waals surface area contributed by atoms with Gasteiger partial charge < -0.3 is 19.4 Å². The number of benzene rings is 1. The molecular formula is C22H27FN4O3. The molecule has 0 saturated carbocycles. The molecule has 7 nitrogen and oxygen atoms in total. The van der Waals surface area contributed by atoms with Crippen molar-refractivity contribution >= 4 is 28.6 Å². The van der Waals surface area contributed by atoms with Gasteiger partial charge in [-0.1, -0.05) is 0 Å². The molecule has 2 fully saturated rings. The first-order chi connectivity index (χ1) is 14.2. The number of carbonyl (C=O) groups is 2. The smallest absolute Gasteiger partial charge is 0.410 e. The molecule has 2 aliphatic rings. The molecule has 4 rings (SSSR count). The Morgan fingerprint density at radius 2 is 1.77 bits per heavy atom. The lowest BCUT2D eigenvalue weighted by Gasteiger charge is -2.43. The van der Waals surface area contributed by atoms with Crippen molar-refractivity contribution in [3.63, 3.8) is 0 Å². The summed E-state index contributed by atoms with van der Waals surface area (Å²) in [7, 11) is 0. The number of hydrogen-bond acceptors (Lipinski definition) is 5. The summed E-state index contributed by atoms with van der Waals surface area (Å²) in [6.07, 6.45) is 1.33. The van der Waals surface area contributed by atoms with Crippen molar-refractivity contribution in [2.45, 2.75) is 26.4 Å². The zero-order valence-corrected chi connectivity index (χ0v) is 17.6. The number of hydrogen-bond donors (Lipinski definition) is 0. The fraction of sp³-hybridized carbons (Fsp3) is 0.500. The molecule has 0 bridgehead atoms. The summed E-state index contributed by atoms with van der Waals surface area (Å²) in [6.45, 7) is 8.94. The molecule has 0 N–H and O–H groups in total. The predicted molar refractivity (Wildman–Crippen MR) is 112 cm³/mol. The molecule has 1 aromatic heterocycles. The zero-order chi connectivity index (χ0) is 21.5. The number of amides is 2. The molecule has 0 atom stereocenters. The van der Waals surface area contributed by atoms with Gasteiger partial charge in [-0.15, -0.1) is 0 Å². The Bertz CT molecular complexity index is 960. The van der Waals surface area contributed by atoms with Gasteiger partial charge in [0.05, 0.1) is 11.4 Å². The average Bonchev–Trinajstić information content (AvgIpc) is 2.64. The van der Waals surface area contributed by atoms with E-state index in [0.29, 0.717) is 44.8 Å². The van der Waals surface area contributed by atoms with Crippen molar-refractivity contribution in [3.8, 4) is 0 Å². The highest BCUT2D eigenvalue weighted by molar-refractivity contribution is 5.91. The van der Waals surface area contributed by atoms with Gasteiger partial charge in [-0.2, -0.15) is 0 Å². The van der Waals surface area contributed by atoms with Crippen LogP contribution >= 0.6 is 0 Å². The number of ether oxygens (including phenoxy) is 1. The molecule has 1 aromatic carbocycles. The van der Waals surface area contributed by atoms with Crippen LogP contribution in [0.3, 0.4) is 0 Å². The molecule has 0 radical (unpaired) electrons. The third-order valence-corrected chi connectivity index (χ3v) is 5.50. The van der Waals surface area contributed by atoms with Crippen LogP contribution in [0.1, 0.15) is 20.8 Å². The predicted octanol–water partition coefficient (Wildman–Crippen LogP) is 2.89. The Kier molecular flexibility index (Phi) is 5.26. The third-order valence-electron chi connectivity index (χ3n) is 5.50. The molecule has 2 amide bonds. The van der Waals surface area contributed by atoms with Crippen LogP contribution in [-0.4, -0.2) is 71.7 Å². The first kappa shape index (κ1) is 20.4. The second-order valence-corrected chi connectivity index (χ2v) is 8.89. The van der Waals surface area contributed by atoms with Crippen molar-refractivity contribution in [1.29, 1.82) is 0 Å². The van der Waals surface area contributed by atoms with E-state index < -0.39 is 5.60 Å². The van der Waals surface area contributed by atoms with Crippen LogP contribution in [0.15, 0.2) is 30.5 Å². The minimum atomic E-state index is -0.536. The number of rotatable bonds is 2. The molecular weight excluding hydrogens is 387 g/mol. The highest BCUT2D eigenvalue weighted by Crippen LogP contribution is 2.28. The van der Waals surface area contributed by atoms with Crippen molar-refractivity contribution in [1.82, 2.24) is 14.8 Å². The summed E-state index contributed by atoms with van der Waals surface area (Å²) in [4.78, 5) is 34.8. The van der Waals surface area contributed by atoms with E-state index in [1.807, 2.05) is 31.7 Å². The van der Waals surface area contributed by atoms with E-state index in [1.54, 1.807) is 17.2 Å². The van der Waals surface area contributed by atoms with Crippen molar-refractivity contribution < 1.29 is 18.7 Å². The number of halogens is 1. The number of fused-ring (bicyclic) bond motifs is 1. The van der Waals surface area contributed by atoms with Crippen LogP contribution in [0, 0.1) is 11.7 Å². The topological polar surface area (TPSA) is 66.0 Å². The summed E-state index contributed by atoms with van der Waals surface area (Å²) in [5.74, 6) is -0.367. The molecule has 3 heterocycles. The quantitative estimate of drug-likeness (QED) is 0.756. The minimum absolute atomic E-state index is 0.0936. The fourth-order valence-corrected chi connectivity index (χ4v) is 3.92. The number of carbonyl (C=O) groups excluding carboxylic acids is 2. The Hall–Kier alpha value is -2.90. The summed E-state index contributed by atoms with van der Waals surface area (Å²) in [5.41, 5.74) is 1.10. The number of piperazine rings is 1. The second-order valence-electron chi connectivity index (χ2n) is 8.89. The maximum absolute atomic E-state index is 13.5. The molecule has 30 heavy (non-hydrogen) atoms. The summed E-state index contributed by atoms with van der Waals surface area (Å²) in [6, 6.07) is 6.57. The third kappa shape index (κ3) is 4.17. The number of anilines is 1. The zero-order valence-electron chi connectivity index (χ0n) is 17.6. The summed E-state index contributed by atoms with van der Waals surface area (Å²) in [5, 5.41) is 0.908. The Morgan fingerprint density at radius 3 is 2.43 bits per heavy atom. The van der Waals surface area contributed by atoms with Gasteiger partial charge in [0.25, 0.3) is 0 Å². The van der Waals surface area contributed by atoms with Gasteiger partial charge in [-0.3, -0.25) is 9.78 Å². The number of aromatic nitrogens is 1. The highest BCUT2D eigenvalue weighted by Gasteiger charge is 2.40. The number of likely N-dealkylation sites (tertiary alicyclic amines) is 1. The minimum Gasteiger partial charge on any atom is -0.444 e. The van der Waals surface area contributed by atoms with Gasteiger partial charge in [-0.25, -0.2) is 9.18 Å². The molecule has 0 aliphatic carbocycles. The molecule has 2 aliphatic heterocycles. The number of nitrogens with zero attached hydrogens (tertiary/aromatic N) is 4. The summed E-state index contributed by atoms with van der Waals surface area (Å²) < 4.78 is 18.8. The highest BCUT2D eigenvalue weighted by atomic mass is 19.1. The van der Waals surface area contributed by atoms with Gasteiger partial charge in [0.1, 0.15) is 11.4 Å². The van der Waals surface area contributed by atoms with Crippen LogP contribution in [0.2, 0.25) is 0 Å². The van der Waals surface area contributed by atoms with Gasteiger partial charge in [0.15, 0.2) is 0 Å². The molecule has 2 aromatic rings. The Labute approximate surface area is 175 Å². The summed E-state index contributed by atoms with van der Waals surface area (Å²) >= 11 is 0. The second kappa shape index (κ2) is 7.74. The van der Waals surface area contributed by atoms with Gasteiger partial charge in [0, 0.05) is 62.6 Å². The van der Waals surface area contributed by atoms with Crippen LogP contribution in [-0.2, 0) is 9.53 Å². The Morgan fingerprint density at radius 1 is 1.07 bits per heavy atom. The van der Waals surface area contributed by atoms with E-state index in [9.17, 15) is 14.0 Å². The molecule has 0 spiro atoms. The first-order valence-electron chi connectivity index (χ1n) is 10.3.